The minimum Gasteiger partial charge on any atom is -0.376 e. The first-order chi connectivity index (χ1) is 8.96. The second-order valence-electron chi connectivity index (χ2n) is 4.74. The molecule has 2 atom stereocenters. The van der Waals surface area contributed by atoms with Crippen molar-refractivity contribution in [1.82, 2.24) is 4.98 Å². The average molecular weight is 262 g/mol. The van der Waals surface area contributed by atoms with Gasteiger partial charge >= 0.3 is 5.69 Å². The third-order valence-electron chi connectivity index (χ3n) is 3.48. The Morgan fingerprint density at radius 2 is 2.42 bits per heavy atom. The van der Waals surface area contributed by atoms with Crippen molar-refractivity contribution in [2.24, 2.45) is 0 Å². The lowest BCUT2D eigenvalue weighted by Gasteiger charge is -2.29. The standard InChI is InChI=1S/C12H14N4O3/c1-8-12(2,5-6-19-8)15-11-4-3-10(16(17)18)9(7-13)14-11/h3-4,8H,5-6H2,1-2H3,(H,14,15). The van der Waals surface area contributed by atoms with E-state index in [9.17, 15) is 10.1 Å². The maximum absolute atomic E-state index is 10.7. The van der Waals surface area contributed by atoms with E-state index >= 15 is 0 Å². The summed E-state index contributed by atoms with van der Waals surface area (Å²) in [5.74, 6) is 0.446. The van der Waals surface area contributed by atoms with E-state index in [2.05, 4.69) is 10.3 Å². The molecule has 1 aliphatic heterocycles. The van der Waals surface area contributed by atoms with Crippen LogP contribution in [0.3, 0.4) is 0 Å². The Morgan fingerprint density at radius 3 is 2.95 bits per heavy atom. The molecule has 1 aromatic rings. The Balaban J connectivity index is 2.28. The van der Waals surface area contributed by atoms with Gasteiger partial charge in [0.05, 0.1) is 16.6 Å². The molecule has 0 saturated carbocycles. The molecular formula is C12H14N4O3. The molecule has 7 nitrogen and oxygen atoms in total. The van der Waals surface area contributed by atoms with Crippen LogP contribution < -0.4 is 5.32 Å². The minimum absolute atomic E-state index is 0.00928. The van der Waals surface area contributed by atoms with Gasteiger partial charge in [0, 0.05) is 12.7 Å². The van der Waals surface area contributed by atoms with Crippen molar-refractivity contribution in [3.8, 4) is 6.07 Å². The van der Waals surface area contributed by atoms with Gasteiger partial charge in [-0.2, -0.15) is 5.26 Å². The molecule has 2 unspecified atom stereocenters. The van der Waals surface area contributed by atoms with Crippen molar-refractivity contribution in [2.45, 2.75) is 31.9 Å². The molecule has 7 heteroatoms. The van der Waals surface area contributed by atoms with Crippen LogP contribution in [0.25, 0.3) is 0 Å². The summed E-state index contributed by atoms with van der Waals surface area (Å²) in [7, 11) is 0. The molecule has 100 valence electrons. The van der Waals surface area contributed by atoms with E-state index in [1.54, 1.807) is 6.07 Å². The molecule has 1 aromatic heterocycles. The summed E-state index contributed by atoms with van der Waals surface area (Å²) in [6.07, 6.45) is 0.823. The predicted octanol–water partition coefficient (Wildman–Crippen LogP) is 1.84. The van der Waals surface area contributed by atoms with Gasteiger partial charge in [-0.05, 0) is 26.3 Å². The first-order valence-electron chi connectivity index (χ1n) is 5.91. The fourth-order valence-electron chi connectivity index (χ4n) is 2.04. The highest BCUT2D eigenvalue weighted by Gasteiger charge is 2.37. The molecular weight excluding hydrogens is 248 g/mol. The lowest BCUT2D eigenvalue weighted by Crippen LogP contribution is -2.41. The summed E-state index contributed by atoms with van der Waals surface area (Å²) < 4.78 is 5.50. The van der Waals surface area contributed by atoms with Crippen molar-refractivity contribution in [1.29, 1.82) is 5.26 Å². The smallest absolute Gasteiger partial charge is 0.305 e. The number of nitro groups is 1. The number of pyridine rings is 1. The summed E-state index contributed by atoms with van der Waals surface area (Å²) >= 11 is 0. The van der Waals surface area contributed by atoms with Crippen molar-refractivity contribution < 1.29 is 9.66 Å². The number of nitrogens with one attached hydrogen (secondary N) is 1. The number of ether oxygens (including phenoxy) is 1. The Morgan fingerprint density at radius 1 is 1.68 bits per heavy atom. The monoisotopic (exact) mass is 262 g/mol. The second-order valence-corrected chi connectivity index (χ2v) is 4.74. The van der Waals surface area contributed by atoms with Crippen LogP contribution in [-0.4, -0.2) is 28.2 Å². The van der Waals surface area contributed by atoms with Gasteiger partial charge in [-0.15, -0.1) is 0 Å². The van der Waals surface area contributed by atoms with Gasteiger partial charge < -0.3 is 10.1 Å². The van der Waals surface area contributed by atoms with Crippen LogP contribution in [0.5, 0.6) is 0 Å². The molecule has 2 heterocycles. The molecule has 0 spiro atoms. The second kappa shape index (κ2) is 4.82. The number of nitrogens with zero attached hydrogens (tertiary/aromatic N) is 3. The molecule has 0 amide bonds. The normalized spacial score (nSPS) is 25.8. The van der Waals surface area contributed by atoms with Crippen LogP contribution >= 0.6 is 0 Å². The van der Waals surface area contributed by atoms with Gasteiger partial charge in [0.2, 0.25) is 5.69 Å². The quantitative estimate of drug-likeness (QED) is 0.658. The molecule has 1 saturated heterocycles. The largest absolute Gasteiger partial charge is 0.376 e. The van der Waals surface area contributed by atoms with Gasteiger partial charge in [-0.1, -0.05) is 0 Å². The maximum atomic E-state index is 10.7. The van der Waals surface area contributed by atoms with Crippen LogP contribution in [0.2, 0.25) is 0 Å². The van der Waals surface area contributed by atoms with E-state index in [0.29, 0.717) is 12.4 Å². The van der Waals surface area contributed by atoms with Crippen LogP contribution in [0.1, 0.15) is 26.0 Å². The third kappa shape index (κ3) is 2.48. The van der Waals surface area contributed by atoms with E-state index in [1.807, 2.05) is 13.8 Å². The van der Waals surface area contributed by atoms with Crippen molar-refractivity contribution in [3.63, 3.8) is 0 Å². The molecule has 2 rings (SSSR count). The maximum Gasteiger partial charge on any atom is 0.305 e. The zero-order valence-corrected chi connectivity index (χ0v) is 10.7. The third-order valence-corrected chi connectivity index (χ3v) is 3.48. The first-order valence-corrected chi connectivity index (χ1v) is 5.91. The Kier molecular flexibility index (Phi) is 3.36. The number of nitriles is 1. The van der Waals surface area contributed by atoms with Gasteiger partial charge in [0.25, 0.3) is 0 Å². The highest BCUT2D eigenvalue weighted by Crippen LogP contribution is 2.29. The number of anilines is 1. The minimum atomic E-state index is -0.613. The topological polar surface area (TPSA) is 101 Å². The van der Waals surface area contributed by atoms with Crippen LogP contribution in [0.4, 0.5) is 11.5 Å². The van der Waals surface area contributed by atoms with E-state index < -0.39 is 4.92 Å². The van der Waals surface area contributed by atoms with E-state index in [1.165, 1.54) is 12.1 Å². The molecule has 0 aromatic carbocycles. The molecule has 19 heavy (non-hydrogen) atoms. The number of hydrogen-bond acceptors (Lipinski definition) is 6. The summed E-state index contributed by atoms with van der Waals surface area (Å²) in [6, 6.07) is 4.54. The predicted molar refractivity (Wildman–Crippen MR) is 67.7 cm³/mol. The van der Waals surface area contributed by atoms with Crippen molar-refractivity contribution in [3.05, 3.63) is 27.9 Å². The SMILES string of the molecule is CC1OCCC1(C)Nc1ccc([N+](=O)[O-])c(C#N)n1. The number of hydrogen-bond donors (Lipinski definition) is 1. The van der Waals surface area contributed by atoms with E-state index in [4.69, 9.17) is 10.00 Å². The summed E-state index contributed by atoms with van der Waals surface area (Å²) in [5, 5.41) is 22.8. The molecule has 1 fully saturated rings. The molecule has 1 N–H and O–H groups in total. The first kappa shape index (κ1) is 13.2. The summed E-state index contributed by atoms with van der Waals surface area (Å²) in [6.45, 7) is 4.61. The van der Waals surface area contributed by atoms with Gasteiger partial charge in [0.1, 0.15) is 11.9 Å². The summed E-state index contributed by atoms with van der Waals surface area (Å²) in [5.41, 5.74) is -0.755. The molecule has 1 aliphatic rings. The zero-order chi connectivity index (χ0) is 14.0. The van der Waals surface area contributed by atoms with Gasteiger partial charge in [0.15, 0.2) is 0 Å². The Labute approximate surface area is 110 Å². The fraction of sp³-hybridized carbons (Fsp3) is 0.500. The van der Waals surface area contributed by atoms with Gasteiger partial charge in [-0.25, -0.2) is 4.98 Å². The fourth-order valence-corrected chi connectivity index (χ4v) is 2.04. The van der Waals surface area contributed by atoms with Crippen LogP contribution in [0, 0.1) is 21.4 Å². The molecule has 0 aliphatic carbocycles. The lowest BCUT2D eigenvalue weighted by atomic mass is 9.95. The highest BCUT2D eigenvalue weighted by molar-refractivity contribution is 5.51. The van der Waals surface area contributed by atoms with Crippen molar-refractivity contribution >= 4 is 11.5 Å². The van der Waals surface area contributed by atoms with E-state index in [0.717, 1.165) is 6.42 Å². The Hall–Kier alpha value is -2.20. The summed E-state index contributed by atoms with van der Waals surface area (Å²) in [4.78, 5) is 14.1. The highest BCUT2D eigenvalue weighted by atomic mass is 16.6. The number of aromatic nitrogens is 1. The lowest BCUT2D eigenvalue weighted by molar-refractivity contribution is -0.385. The van der Waals surface area contributed by atoms with Crippen molar-refractivity contribution in [2.75, 3.05) is 11.9 Å². The number of rotatable bonds is 3. The Bertz CT molecular complexity index is 554. The van der Waals surface area contributed by atoms with Crippen LogP contribution in [-0.2, 0) is 4.74 Å². The molecule has 0 bridgehead atoms. The van der Waals surface area contributed by atoms with Crippen LogP contribution in [0.15, 0.2) is 12.1 Å². The molecule has 0 radical (unpaired) electrons. The zero-order valence-electron chi connectivity index (χ0n) is 10.7. The van der Waals surface area contributed by atoms with E-state index in [-0.39, 0.29) is 23.0 Å². The average Bonchev–Trinajstić information content (AvgIpc) is 2.68. The van der Waals surface area contributed by atoms with Gasteiger partial charge in [-0.3, -0.25) is 10.1 Å².